The Bertz CT molecular complexity index is 2690. The van der Waals surface area contributed by atoms with Gasteiger partial charge in [0.05, 0.1) is 0 Å². The molecule has 0 aliphatic rings. The van der Waals surface area contributed by atoms with Crippen molar-refractivity contribution in [1.82, 2.24) is 69.8 Å². The van der Waals surface area contributed by atoms with E-state index < -0.39 is 0 Å². The van der Waals surface area contributed by atoms with Gasteiger partial charge in [-0.15, -0.1) is 0 Å². The molecule has 10 heterocycles. The van der Waals surface area contributed by atoms with Gasteiger partial charge in [-0.2, -0.15) is 4.73 Å². The normalized spacial score (nSPS) is 9.14. The minimum Gasteiger partial charge on any atom is -0.619 e. The molecule has 408 valence electrons. The summed E-state index contributed by atoms with van der Waals surface area (Å²) >= 11 is 0. The number of aromatic nitrogens is 15. The van der Waals surface area contributed by atoms with Gasteiger partial charge in [-0.1, -0.05) is 0 Å². The molecule has 16 nitrogen and oxygen atoms in total. The van der Waals surface area contributed by atoms with Crippen molar-refractivity contribution in [3.63, 3.8) is 0 Å². The third-order valence-electron chi connectivity index (χ3n) is 9.56. The third-order valence-corrected chi connectivity index (χ3v) is 9.56. The highest BCUT2D eigenvalue weighted by atomic mass is 16.5. The highest BCUT2D eigenvalue weighted by Gasteiger charge is 1.90. The first-order chi connectivity index (χ1) is 37.1. The molecular weight excluding hydrogens is 971 g/mol. The van der Waals surface area contributed by atoms with Crippen LogP contribution < -0.4 is 4.73 Å². The van der Waals surface area contributed by atoms with Crippen LogP contribution in [0.25, 0.3) is 0 Å². The average molecular weight is 1050 g/mol. The van der Waals surface area contributed by atoms with E-state index >= 15 is 0 Å². The van der Waals surface area contributed by atoms with E-state index in [1.165, 1.54) is 46.5 Å². The molecule has 0 saturated carbocycles. The van der Waals surface area contributed by atoms with Gasteiger partial charge in [0.1, 0.15) is 29.6 Å². The van der Waals surface area contributed by atoms with E-state index in [4.69, 9.17) is 0 Å². The minimum absolute atomic E-state index is 0.771. The van der Waals surface area contributed by atoms with E-state index in [-0.39, 0.29) is 0 Å². The predicted octanol–water partition coefficient (Wildman–Crippen LogP) is 12.3. The number of pyridine rings is 5. The maximum absolute atomic E-state index is 10.3. The van der Waals surface area contributed by atoms with Crippen LogP contribution in [0.4, 0.5) is 0 Å². The Hall–Kier alpha value is -9.05. The molecule has 0 saturated heterocycles. The predicted molar refractivity (Wildman–Crippen MR) is 313 cm³/mol. The van der Waals surface area contributed by atoms with Crippen LogP contribution in [-0.4, -0.2) is 69.8 Å². The Morgan fingerprint density at radius 1 is 0.295 bits per heavy atom. The van der Waals surface area contributed by atoms with Crippen molar-refractivity contribution in [1.29, 1.82) is 0 Å². The fourth-order valence-electron chi connectivity index (χ4n) is 5.52. The topological polar surface area (TPSA) is 207 Å². The number of hydrogen-bond donors (Lipinski definition) is 0. The second kappa shape index (κ2) is 40.3. The van der Waals surface area contributed by atoms with Crippen molar-refractivity contribution in [3.05, 3.63) is 274 Å². The summed E-state index contributed by atoms with van der Waals surface area (Å²) in [5.74, 6) is 3.33. The van der Waals surface area contributed by atoms with E-state index in [0.717, 1.165) is 73.3 Å². The summed E-state index contributed by atoms with van der Waals surface area (Å²) in [6, 6.07) is 25.1. The molecule has 0 amide bonds. The quantitative estimate of drug-likeness (QED) is 0.102. The van der Waals surface area contributed by atoms with Crippen LogP contribution in [0.2, 0.25) is 0 Å². The highest BCUT2D eigenvalue weighted by Crippen LogP contribution is 2.02. The number of rotatable bonds is 0. The number of nitrogens with zero attached hydrogens (tertiary/aromatic N) is 15. The molecule has 0 fully saturated rings. The smallest absolute Gasteiger partial charge is 0.180 e. The Labute approximate surface area is 463 Å². The van der Waals surface area contributed by atoms with Gasteiger partial charge in [-0.3, -0.25) is 19.9 Å². The SMILES string of the molecule is Cc1cc(C)nc(C)c1.Cc1cc[n+]([O-])cc1.Cc1ccnc(C)c1.Cc1ccnc(C)n1.Cc1ccnc(C)n1.Cc1ccncc1.Cc1ccncc1C.Cc1ccncn1.Cc1cnc(C)nc1.Cc1ncccn1. The van der Waals surface area contributed by atoms with Crippen molar-refractivity contribution >= 4 is 0 Å². The Kier molecular flexibility index (Phi) is 34.6. The van der Waals surface area contributed by atoms with Crippen LogP contribution in [-0.2, 0) is 0 Å². The Morgan fingerprint density at radius 2 is 0.744 bits per heavy atom. The Morgan fingerprint density at radius 3 is 1.05 bits per heavy atom. The van der Waals surface area contributed by atoms with E-state index in [1.54, 1.807) is 61.6 Å². The highest BCUT2D eigenvalue weighted by molar-refractivity contribution is 5.19. The van der Waals surface area contributed by atoms with E-state index in [1.807, 2.05) is 163 Å². The lowest BCUT2D eigenvalue weighted by Crippen LogP contribution is -2.23. The molecule has 0 atom stereocenters. The zero-order chi connectivity index (χ0) is 58.1. The van der Waals surface area contributed by atoms with Gasteiger partial charge in [0.15, 0.2) is 12.4 Å². The second-order valence-electron chi connectivity index (χ2n) is 17.6. The summed E-state index contributed by atoms with van der Waals surface area (Å²) < 4.78 is 0.771. The first kappa shape index (κ1) is 67.0. The third kappa shape index (κ3) is 37.6. The first-order valence-electron chi connectivity index (χ1n) is 25.1. The zero-order valence-electron chi connectivity index (χ0n) is 48.8. The molecular formula is C62H79N15O. The van der Waals surface area contributed by atoms with Crippen LogP contribution in [0.15, 0.2) is 172 Å². The molecule has 78 heavy (non-hydrogen) atoms. The molecule has 0 unspecified atom stereocenters. The maximum Gasteiger partial charge on any atom is 0.180 e. The van der Waals surface area contributed by atoms with E-state index in [0.29, 0.717) is 0 Å². The molecule has 0 radical (unpaired) electrons. The largest absolute Gasteiger partial charge is 0.619 e. The summed E-state index contributed by atoms with van der Waals surface area (Å²) in [5.41, 5.74) is 15.0. The first-order valence-corrected chi connectivity index (χ1v) is 25.1. The van der Waals surface area contributed by atoms with Crippen molar-refractivity contribution in [2.45, 2.75) is 118 Å². The lowest BCUT2D eigenvalue weighted by atomic mass is 10.2. The van der Waals surface area contributed by atoms with Gasteiger partial charge in [0, 0.05) is 121 Å². The summed E-state index contributed by atoms with van der Waals surface area (Å²) in [5, 5.41) is 10.3. The van der Waals surface area contributed by atoms with Crippen LogP contribution in [0.1, 0.15) is 96.4 Å². The van der Waals surface area contributed by atoms with Crippen molar-refractivity contribution in [3.8, 4) is 0 Å². The van der Waals surface area contributed by atoms with Crippen LogP contribution in [0.3, 0.4) is 0 Å². The standard InChI is InChI=1S/C8H11N.2C7H9N.3C6H8N2.C6H7NO.C6H7N.2C5H6N2/c1-6-4-7(2)9-8(3)5-6;1-6-3-4-8-5-7(6)2;1-6-3-4-8-7(2)5-6;1-5-3-7-6(2)8-4-5;2*1-5-3-4-7-6(2)8-5;1-6-2-4-7(8)5-3-6;1-6-2-4-7-5-3-6;1-5-2-3-6-4-7-5;1-5-6-3-2-4-7-5/h4-5H,1-3H3;2*3-5H,1-2H3;3*3-4H,1-2H3;2-5H,1H3;2-5H,1H3;2*2-4H,1H3. The molecule has 10 aromatic heterocycles. The maximum atomic E-state index is 10.3. The minimum atomic E-state index is 0.771. The molecule has 0 N–H and O–H groups in total. The summed E-state index contributed by atoms with van der Waals surface area (Å²) in [6.07, 6.45) is 25.9. The molecule has 10 aromatic rings. The lowest BCUT2D eigenvalue weighted by Gasteiger charge is -1.96. The summed E-state index contributed by atoms with van der Waals surface area (Å²) in [7, 11) is 0. The fourth-order valence-corrected chi connectivity index (χ4v) is 5.52. The van der Waals surface area contributed by atoms with Crippen molar-refractivity contribution in [2.75, 3.05) is 0 Å². The van der Waals surface area contributed by atoms with Gasteiger partial charge in [0.2, 0.25) is 0 Å². The molecule has 0 bridgehead atoms. The Balaban J connectivity index is 0.000000434. The molecule has 0 spiro atoms. The number of hydrogen-bond acceptors (Lipinski definition) is 15. The van der Waals surface area contributed by atoms with Crippen molar-refractivity contribution in [2.24, 2.45) is 0 Å². The molecule has 16 heteroatoms. The number of aryl methyl sites for hydroxylation is 17. The van der Waals surface area contributed by atoms with Gasteiger partial charge < -0.3 is 5.21 Å². The molecule has 0 aliphatic carbocycles. The van der Waals surface area contributed by atoms with Crippen molar-refractivity contribution < 1.29 is 4.73 Å². The van der Waals surface area contributed by atoms with Crippen LogP contribution in [0.5, 0.6) is 0 Å². The monoisotopic (exact) mass is 1050 g/mol. The van der Waals surface area contributed by atoms with Crippen LogP contribution >= 0.6 is 0 Å². The average Bonchev–Trinajstić information content (AvgIpc) is 3.39. The molecule has 0 aliphatic heterocycles. The lowest BCUT2D eigenvalue weighted by molar-refractivity contribution is -0.605. The van der Waals surface area contributed by atoms with Gasteiger partial charge >= 0.3 is 0 Å². The summed E-state index contributed by atoms with van der Waals surface area (Å²) in [4.78, 5) is 55.3. The molecule has 0 aromatic carbocycles. The second-order valence-corrected chi connectivity index (χ2v) is 17.6. The van der Waals surface area contributed by atoms with E-state index in [2.05, 4.69) is 116 Å². The van der Waals surface area contributed by atoms with Gasteiger partial charge in [-0.05, 0) is 223 Å². The van der Waals surface area contributed by atoms with Gasteiger partial charge in [0.25, 0.3) is 0 Å². The van der Waals surface area contributed by atoms with Gasteiger partial charge in [-0.25, -0.2) is 49.8 Å². The molecule has 10 rings (SSSR count). The summed E-state index contributed by atoms with van der Waals surface area (Å²) in [6.45, 7) is 33.6. The fraction of sp³-hybridized carbons (Fsp3) is 0.274. The zero-order valence-corrected chi connectivity index (χ0v) is 48.8. The van der Waals surface area contributed by atoms with Crippen LogP contribution in [0, 0.1) is 123 Å². The van der Waals surface area contributed by atoms with E-state index in [9.17, 15) is 5.21 Å².